The van der Waals surface area contributed by atoms with Crippen molar-refractivity contribution in [2.45, 2.75) is 45.3 Å². The van der Waals surface area contributed by atoms with E-state index in [2.05, 4.69) is 10.3 Å². The normalized spacial score (nSPS) is 12.7. The largest absolute Gasteiger partial charge is 0.481 e. The molecule has 0 aromatic heterocycles. The molecule has 4 aromatic rings. The number of hydrogen-bond donors (Lipinski definition) is 6. The van der Waals surface area contributed by atoms with Crippen LogP contribution >= 0.6 is 0 Å². The molecule has 0 unspecified atom stereocenters. The van der Waals surface area contributed by atoms with Gasteiger partial charge in [0.2, 0.25) is 0 Å². The van der Waals surface area contributed by atoms with Crippen molar-refractivity contribution in [1.29, 1.82) is 0 Å². The predicted octanol–water partition coefficient (Wildman–Crippen LogP) is 4.93. The number of benzene rings is 5. The fourth-order valence-corrected chi connectivity index (χ4v) is 9.69. The van der Waals surface area contributed by atoms with Crippen LogP contribution in [-0.4, -0.2) is 100 Å². The van der Waals surface area contributed by atoms with E-state index in [1.807, 2.05) is 0 Å². The van der Waals surface area contributed by atoms with Crippen molar-refractivity contribution in [3.8, 4) is 22.5 Å². The number of nitrogens with zero attached hydrogens (tertiary/aromatic N) is 2. The average molecular weight is 958 g/mol. The second kappa shape index (κ2) is 18.6. The molecule has 1 aliphatic carbocycles. The highest BCUT2D eigenvalue weighted by Gasteiger charge is 2.25. The fourth-order valence-electron chi connectivity index (χ4n) is 6.97. The van der Waals surface area contributed by atoms with Gasteiger partial charge in [0.05, 0.1) is 24.9 Å². The Bertz CT molecular complexity index is 3310. The molecule has 338 valence electrons. The zero-order valence-corrected chi connectivity index (χ0v) is 36.7. The van der Waals surface area contributed by atoms with Gasteiger partial charge >= 0.3 is 5.97 Å². The van der Waals surface area contributed by atoms with Crippen molar-refractivity contribution in [3.63, 3.8) is 0 Å². The molecule has 0 saturated heterocycles. The SMILES string of the molecule is CN(CCCC(=O)O)C(=O)c1ccccc1-c1c2cc/c(=N/CCc3ccc(S(=O)(=O)O)cc3S(=O)(=O)O)cc-2oc2cc(NCCc3ccc(S(=O)(=O)O)cc3S(=O)(=O)O)ccc12. The third-order valence-electron chi connectivity index (χ3n) is 9.99. The van der Waals surface area contributed by atoms with Crippen LogP contribution in [0.15, 0.2) is 126 Å². The van der Waals surface area contributed by atoms with Crippen LogP contribution in [0.3, 0.4) is 0 Å². The molecule has 64 heavy (non-hydrogen) atoms. The lowest BCUT2D eigenvalue weighted by Gasteiger charge is -2.21. The number of amides is 1. The Morgan fingerprint density at radius 1 is 0.688 bits per heavy atom. The molecule has 2 aliphatic rings. The summed E-state index contributed by atoms with van der Waals surface area (Å²) in [5.41, 5.74) is 2.77. The number of carboxylic acids is 1. The average Bonchev–Trinajstić information content (AvgIpc) is 3.21. The van der Waals surface area contributed by atoms with Crippen molar-refractivity contribution < 1.29 is 71.0 Å². The lowest BCUT2D eigenvalue weighted by Crippen LogP contribution is -2.28. The van der Waals surface area contributed by atoms with Gasteiger partial charge in [-0.2, -0.15) is 33.7 Å². The standard InChI is InChI=1S/C41H39N3O16S4/c1-44(20-4-7-39(45)46)41(47)32-6-3-2-5-31(32)40-33-14-10-27(42-18-16-25-8-12-29(61(48,49)50)23-37(25)63(54,55)56)21-35(33)60-36-22-28(11-15-34(36)40)43-19-17-26-9-13-30(62(51,52)53)24-38(26)64(57,58)59/h2-3,5-6,8-15,21-24,42H,4,7,16-20H2,1H3,(H,45,46)(H,48,49,50)(H,51,52,53)(H,54,55,56)(H,57,58,59)/b43-28-. The zero-order valence-electron chi connectivity index (χ0n) is 33.4. The second-order valence-corrected chi connectivity index (χ2v) is 20.0. The first-order chi connectivity index (χ1) is 29.9. The molecular formula is C41H39N3O16S4. The fraction of sp³-hybridized carbons (Fsp3) is 0.195. The van der Waals surface area contributed by atoms with Crippen molar-refractivity contribution in [3.05, 3.63) is 119 Å². The van der Waals surface area contributed by atoms with Gasteiger partial charge in [-0.1, -0.05) is 30.3 Å². The first-order valence-electron chi connectivity index (χ1n) is 18.9. The van der Waals surface area contributed by atoms with Crippen molar-refractivity contribution in [2.75, 3.05) is 32.0 Å². The van der Waals surface area contributed by atoms with Gasteiger partial charge < -0.3 is 19.7 Å². The van der Waals surface area contributed by atoms with E-state index < -0.39 is 66.0 Å². The number of rotatable bonds is 17. The van der Waals surface area contributed by atoms with Gasteiger partial charge in [0.1, 0.15) is 11.3 Å². The third kappa shape index (κ3) is 11.2. The first-order valence-corrected chi connectivity index (χ1v) is 24.7. The molecule has 0 saturated carbocycles. The summed E-state index contributed by atoms with van der Waals surface area (Å²) in [7, 11) is -17.8. The quantitative estimate of drug-likeness (QED) is 0.0522. The van der Waals surface area contributed by atoms with E-state index in [9.17, 15) is 61.5 Å². The first kappa shape index (κ1) is 47.4. The topological polar surface area (TPSA) is 313 Å². The highest BCUT2D eigenvalue weighted by molar-refractivity contribution is 7.87. The third-order valence-corrected chi connectivity index (χ3v) is 13.6. The van der Waals surface area contributed by atoms with Crippen LogP contribution in [0.2, 0.25) is 0 Å². The number of anilines is 1. The molecular weight excluding hydrogens is 919 g/mol. The maximum Gasteiger partial charge on any atom is 0.303 e. The highest BCUT2D eigenvalue weighted by atomic mass is 32.2. The zero-order chi connectivity index (χ0) is 46.8. The Morgan fingerprint density at radius 2 is 1.30 bits per heavy atom. The number of fused-ring (bicyclic) bond motifs is 2. The molecule has 23 heteroatoms. The minimum atomic E-state index is -4.90. The van der Waals surface area contributed by atoms with E-state index >= 15 is 0 Å². The Balaban J connectivity index is 1.41. The molecule has 4 aromatic carbocycles. The number of nitrogens with one attached hydrogen (secondary N) is 1. The number of carbonyl (C=O) groups excluding carboxylic acids is 1. The molecule has 0 bridgehead atoms. The molecule has 6 N–H and O–H groups in total. The van der Waals surface area contributed by atoms with Crippen LogP contribution in [0.25, 0.3) is 33.4 Å². The van der Waals surface area contributed by atoms with Gasteiger partial charge in [-0.05, 0) is 90.6 Å². The van der Waals surface area contributed by atoms with Crippen molar-refractivity contribution >= 4 is 69.0 Å². The molecule has 1 heterocycles. The van der Waals surface area contributed by atoms with Crippen molar-refractivity contribution in [1.82, 2.24) is 4.90 Å². The Kier molecular flexibility index (Phi) is 13.8. The second-order valence-electron chi connectivity index (χ2n) is 14.4. The minimum absolute atomic E-state index is 0.0240. The summed E-state index contributed by atoms with van der Waals surface area (Å²) in [6.07, 6.45) is -0.0316. The molecule has 1 amide bonds. The van der Waals surface area contributed by atoms with Gasteiger partial charge in [0.25, 0.3) is 46.4 Å². The van der Waals surface area contributed by atoms with E-state index in [1.54, 1.807) is 67.7 Å². The van der Waals surface area contributed by atoms with Gasteiger partial charge in [0.15, 0.2) is 0 Å². The van der Waals surface area contributed by atoms with Gasteiger partial charge in [0, 0.05) is 73.0 Å². The van der Waals surface area contributed by atoms with E-state index in [1.165, 1.54) is 4.90 Å². The number of carbonyl (C=O) groups is 2. The Morgan fingerprint density at radius 3 is 1.89 bits per heavy atom. The van der Waals surface area contributed by atoms with E-state index in [0.29, 0.717) is 56.4 Å². The van der Waals surface area contributed by atoms with E-state index in [-0.39, 0.29) is 68.1 Å². The number of carboxylic acid groups (broad SMARTS) is 1. The summed E-state index contributed by atoms with van der Waals surface area (Å²) in [6, 6.07) is 22.4. The lowest BCUT2D eigenvalue weighted by molar-refractivity contribution is -0.137. The summed E-state index contributed by atoms with van der Waals surface area (Å²) >= 11 is 0. The van der Waals surface area contributed by atoms with E-state index in [4.69, 9.17) is 9.52 Å². The molecule has 0 radical (unpaired) electrons. The van der Waals surface area contributed by atoms with Crippen LogP contribution in [0, 0.1) is 0 Å². The summed E-state index contributed by atoms with van der Waals surface area (Å²) in [4.78, 5) is 28.1. The van der Waals surface area contributed by atoms with Gasteiger partial charge in [-0.3, -0.25) is 32.8 Å². The predicted molar refractivity (Wildman–Crippen MR) is 231 cm³/mol. The maximum absolute atomic E-state index is 13.9. The van der Waals surface area contributed by atoms with Crippen LogP contribution in [0.4, 0.5) is 5.69 Å². The molecule has 0 fully saturated rings. The summed E-state index contributed by atoms with van der Waals surface area (Å²) in [6.45, 7) is 0.168. The minimum Gasteiger partial charge on any atom is -0.481 e. The number of aliphatic carboxylic acids is 1. The van der Waals surface area contributed by atoms with E-state index in [0.717, 1.165) is 24.3 Å². The monoisotopic (exact) mass is 957 g/mol. The molecule has 6 rings (SSSR count). The van der Waals surface area contributed by atoms with Crippen molar-refractivity contribution in [2.24, 2.45) is 4.99 Å². The Labute approximate surface area is 367 Å². The summed E-state index contributed by atoms with van der Waals surface area (Å²) in [5.74, 6) is -1.09. The molecule has 0 atom stereocenters. The number of hydrogen-bond acceptors (Lipinski definition) is 13. The van der Waals surface area contributed by atoms with Gasteiger partial charge in [-0.25, -0.2) is 0 Å². The summed E-state index contributed by atoms with van der Waals surface area (Å²) in [5, 5.41) is 13.2. The lowest BCUT2D eigenvalue weighted by atomic mass is 9.90. The molecule has 19 nitrogen and oxygen atoms in total. The summed E-state index contributed by atoms with van der Waals surface area (Å²) < 4.78 is 140. The van der Waals surface area contributed by atoms with Crippen LogP contribution in [0.1, 0.15) is 34.3 Å². The smallest absolute Gasteiger partial charge is 0.303 e. The molecule has 1 aliphatic heterocycles. The van der Waals surface area contributed by atoms with Gasteiger partial charge in [-0.15, -0.1) is 0 Å². The maximum atomic E-state index is 13.9. The van der Waals surface area contributed by atoms with Crippen LogP contribution < -0.4 is 10.7 Å². The van der Waals surface area contributed by atoms with Crippen LogP contribution in [0.5, 0.6) is 0 Å². The Hall–Kier alpha value is -6.05. The highest BCUT2D eigenvalue weighted by Crippen LogP contribution is 2.42. The van der Waals surface area contributed by atoms with Crippen LogP contribution in [-0.2, 0) is 58.1 Å². The molecule has 0 spiro atoms.